The number of para-hydroxylation sites is 1. The average molecular weight is 338 g/mol. The van der Waals surface area contributed by atoms with Gasteiger partial charge in [0.2, 0.25) is 0 Å². The predicted octanol–water partition coefficient (Wildman–Crippen LogP) is 3.99. The monoisotopic (exact) mass is 337 g/mol. The first-order valence-electron chi connectivity index (χ1n) is 6.41. The van der Waals surface area contributed by atoms with Crippen LogP contribution >= 0.6 is 15.9 Å². The smallest absolute Gasteiger partial charge is 0.126 e. The van der Waals surface area contributed by atoms with Crippen LogP contribution in [0.3, 0.4) is 0 Å². The van der Waals surface area contributed by atoms with Crippen molar-refractivity contribution in [2.24, 2.45) is 0 Å². The zero-order chi connectivity index (χ0) is 14.6. The lowest BCUT2D eigenvalue weighted by Crippen LogP contribution is -2.41. The minimum atomic E-state index is -0.633. The molecule has 0 saturated carbocycles. The van der Waals surface area contributed by atoms with E-state index in [1.165, 1.54) is 6.07 Å². The lowest BCUT2D eigenvalue weighted by atomic mass is 9.93. The van der Waals surface area contributed by atoms with E-state index in [4.69, 9.17) is 0 Å². The fourth-order valence-corrected chi connectivity index (χ4v) is 2.47. The molecule has 0 aromatic heterocycles. The quantitative estimate of drug-likeness (QED) is 0.864. The molecule has 1 atom stereocenters. The van der Waals surface area contributed by atoms with Crippen molar-refractivity contribution in [1.82, 2.24) is 0 Å². The third kappa shape index (κ3) is 3.58. The Labute approximate surface area is 126 Å². The van der Waals surface area contributed by atoms with Crippen molar-refractivity contribution in [3.8, 4) is 0 Å². The lowest BCUT2D eigenvalue weighted by Gasteiger charge is -2.30. The van der Waals surface area contributed by atoms with Crippen LogP contribution in [0.15, 0.2) is 53.0 Å². The Balaban J connectivity index is 2.22. The van der Waals surface area contributed by atoms with E-state index in [0.29, 0.717) is 12.0 Å². The minimum absolute atomic E-state index is 0.0946. The molecule has 2 aromatic carbocycles. The van der Waals surface area contributed by atoms with E-state index >= 15 is 0 Å². The van der Waals surface area contributed by atoms with Gasteiger partial charge in [-0.05, 0) is 46.6 Å². The zero-order valence-electron chi connectivity index (χ0n) is 11.2. The van der Waals surface area contributed by atoms with E-state index in [2.05, 4.69) is 21.2 Å². The van der Waals surface area contributed by atoms with Crippen molar-refractivity contribution in [2.45, 2.75) is 18.9 Å². The van der Waals surface area contributed by atoms with Crippen LogP contribution in [0.25, 0.3) is 0 Å². The highest BCUT2D eigenvalue weighted by molar-refractivity contribution is 9.10. The summed E-state index contributed by atoms with van der Waals surface area (Å²) in [6, 6.07) is 14.3. The van der Waals surface area contributed by atoms with Gasteiger partial charge in [-0.2, -0.15) is 0 Å². The summed E-state index contributed by atoms with van der Waals surface area (Å²) < 4.78 is 14.7. The third-order valence-electron chi connectivity index (χ3n) is 3.20. The van der Waals surface area contributed by atoms with Gasteiger partial charge in [0.25, 0.3) is 0 Å². The maximum Gasteiger partial charge on any atom is 0.126 e. The number of hydrogen-bond donors (Lipinski definition) is 2. The van der Waals surface area contributed by atoms with Crippen molar-refractivity contribution >= 4 is 21.6 Å². The lowest BCUT2D eigenvalue weighted by molar-refractivity contribution is 0.221. The molecule has 20 heavy (non-hydrogen) atoms. The summed E-state index contributed by atoms with van der Waals surface area (Å²) in [5.74, 6) is -0.249. The van der Waals surface area contributed by atoms with Crippen molar-refractivity contribution in [3.05, 3.63) is 64.4 Å². The van der Waals surface area contributed by atoms with Gasteiger partial charge in [-0.3, -0.25) is 0 Å². The Bertz CT molecular complexity index is 541. The van der Waals surface area contributed by atoms with Gasteiger partial charge in [0.15, 0.2) is 0 Å². The van der Waals surface area contributed by atoms with Gasteiger partial charge in [0.05, 0.1) is 12.1 Å². The van der Waals surface area contributed by atoms with E-state index in [1.54, 1.807) is 18.2 Å². The van der Waals surface area contributed by atoms with Crippen LogP contribution in [0, 0.1) is 5.82 Å². The van der Waals surface area contributed by atoms with Crippen LogP contribution in [-0.4, -0.2) is 17.3 Å². The molecule has 106 valence electrons. The molecule has 0 heterocycles. The molecule has 0 aliphatic heterocycles. The van der Waals surface area contributed by atoms with Gasteiger partial charge in [-0.15, -0.1) is 0 Å². The summed E-state index contributed by atoms with van der Waals surface area (Å²) in [7, 11) is 0. The molecule has 4 heteroatoms. The van der Waals surface area contributed by atoms with Crippen LogP contribution in [0.5, 0.6) is 0 Å². The van der Waals surface area contributed by atoms with Crippen molar-refractivity contribution in [2.75, 3.05) is 11.9 Å². The largest absolute Gasteiger partial charge is 0.394 e. The molecule has 2 nitrogen and oxygen atoms in total. The summed E-state index contributed by atoms with van der Waals surface area (Å²) in [4.78, 5) is 0. The third-order valence-corrected chi connectivity index (χ3v) is 3.89. The van der Waals surface area contributed by atoms with E-state index in [-0.39, 0.29) is 12.4 Å². The van der Waals surface area contributed by atoms with E-state index in [0.717, 1.165) is 10.2 Å². The average Bonchev–Trinajstić information content (AvgIpc) is 2.44. The van der Waals surface area contributed by atoms with Crippen LogP contribution in [0.4, 0.5) is 10.1 Å². The van der Waals surface area contributed by atoms with E-state index in [1.807, 2.05) is 31.2 Å². The maximum absolute atomic E-state index is 13.8. The SMILES string of the molecule is CC(CO)(Cc1ccccc1F)Nc1ccccc1Br. The Morgan fingerprint density at radius 1 is 1.15 bits per heavy atom. The second kappa shape index (κ2) is 6.37. The molecule has 1 unspecified atom stereocenters. The van der Waals surface area contributed by atoms with E-state index in [9.17, 15) is 9.50 Å². The summed E-state index contributed by atoms with van der Waals surface area (Å²) in [5.41, 5.74) is 0.829. The van der Waals surface area contributed by atoms with Crippen molar-refractivity contribution in [3.63, 3.8) is 0 Å². The molecule has 0 aliphatic rings. The topological polar surface area (TPSA) is 32.3 Å². The molecule has 2 rings (SSSR count). The summed E-state index contributed by atoms with van der Waals surface area (Å²) in [6.07, 6.45) is 0.400. The van der Waals surface area contributed by atoms with Gasteiger partial charge >= 0.3 is 0 Å². The molecule has 0 amide bonds. The number of aliphatic hydroxyl groups is 1. The van der Waals surface area contributed by atoms with Gasteiger partial charge in [0, 0.05) is 16.6 Å². The Morgan fingerprint density at radius 3 is 2.45 bits per heavy atom. The number of aliphatic hydroxyl groups excluding tert-OH is 1. The Morgan fingerprint density at radius 2 is 1.80 bits per heavy atom. The highest BCUT2D eigenvalue weighted by Gasteiger charge is 2.25. The highest BCUT2D eigenvalue weighted by Crippen LogP contribution is 2.27. The van der Waals surface area contributed by atoms with Crippen LogP contribution in [-0.2, 0) is 6.42 Å². The molecule has 0 saturated heterocycles. The van der Waals surface area contributed by atoms with Crippen molar-refractivity contribution < 1.29 is 9.50 Å². The molecule has 0 bridgehead atoms. The number of rotatable bonds is 5. The number of hydrogen-bond acceptors (Lipinski definition) is 2. The minimum Gasteiger partial charge on any atom is -0.394 e. The fraction of sp³-hybridized carbons (Fsp3) is 0.250. The normalized spacial score (nSPS) is 13.8. The maximum atomic E-state index is 13.8. The second-order valence-electron chi connectivity index (χ2n) is 5.09. The Hall–Kier alpha value is -1.39. The number of nitrogens with one attached hydrogen (secondary N) is 1. The van der Waals surface area contributed by atoms with Gasteiger partial charge in [-0.25, -0.2) is 4.39 Å². The second-order valence-corrected chi connectivity index (χ2v) is 5.95. The number of anilines is 1. The molecule has 0 spiro atoms. The predicted molar refractivity (Wildman–Crippen MR) is 83.4 cm³/mol. The summed E-state index contributed by atoms with van der Waals surface area (Å²) in [5, 5.41) is 13.0. The molecular formula is C16H17BrFNO. The van der Waals surface area contributed by atoms with Crippen molar-refractivity contribution in [1.29, 1.82) is 0 Å². The summed E-state index contributed by atoms with van der Waals surface area (Å²) in [6.45, 7) is 1.78. The van der Waals surface area contributed by atoms with Crippen LogP contribution in [0.1, 0.15) is 12.5 Å². The first kappa shape index (κ1) is 15.0. The first-order valence-corrected chi connectivity index (χ1v) is 7.20. The number of halogens is 2. The van der Waals surface area contributed by atoms with Gasteiger partial charge < -0.3 is 10.4 Å². The highest BCUT2D eigenvalue weighted by atomic mass is 79.9. The van der Waals surface area contributed by atoms with E-state index < -0.39 is 5.54 Å². The zero-order valence-corrected chi connectivity index (χ0v) is 12.8. The summed E-state index contributed by atoms with van der Waals surface area (Å²) >= 11 is 3.46. The number of benzene rings is 2. The fourth-order valence-electron chi connectivity index (χ4n) is 2.09. The molecule has 2 aromatic rings. The molecule has 0 fully saturated rings. The van der Waals surface area contributed by atoms with Crippen LogP contribution < -0.4 is 5.32 Å². The Kier molecular flexibility index (Phi) is 4.78. The van der Waals surface area contributed by atoms with Gasteiger partial charge in [0.1, 0.15) is 5.82 Å². The molecular weight excluding hydrogens is 321 g/mol. The molecule has 2 N–H and O–H groups in total. The van der Waals surface area contributed by atoms with Crippen LogP contribution in [0.2, 0.25) is 0 Å². The standard InChI is InChI=1S/C16H17BrFNO/c1-16(11-20,10-12-6-2-4-8-14(12)18)19-15-9-5-3-7-13(15)17/h2-9,19-20H,10-11H2,1H3. The molecule has 0 radical (unpaired) electrons. The van der Waals surface area contributed by atoms with Gasteiger partial charge in [-0.1, -0.05) is 30.3 Å². The molecule has 0 aliphatic carbocycles. The first-order chi connectivity index (χ1) is 9.54.